The zero-order chi connectivity index (χ0) is 21.8. The summed E-state index contributed by atoms with van der Waals surface area (Å²) in [5, 5.41) is 7.68. The van der Waals surface area contributed by atoms with E-state index in [4.69, 9.17) is 20.8 Å². The van der Waals surface area contributed by atoms with Crippen molar-refractivity contribution in [2.24, 2.45) is 0 Å². The maximum absolute atomic E-state index is 12.9. The van der Waals surface area contributed by atoms with Crippen molar-refractivity contribution >= 4 is 34.7 Å². The Labute approximate surface area is 186 Å². The predicted octanol–water partition coefficient (Wildman–Crippen LogP) is 3.97. The van der Waals surface area contributed by atoms with E-state index in [0.717, 1.165) is 4.88 Å². The van der Waals surface area contributed by atoms with Gasteiger partial charge in [-0.1, -0.05) is 11.6 Å². The lowest BCUT2D eigenvalue weighted by Crippen LogP contribution is -2.20. The van der Waals surface area contributed by atoms with E-state index in [2.05, 4.69) is 10.4 Å². The molecule has 0 amide bonds. The smallest absolute Gasteiger partial charge is 0.283 e. The number of anilines is 1. The van der Waals surface area contributed by atoms with Crippen molar-refractivity contribution in [2.45, 2.75) is 13.1 Å². The van der Waals surface area contributed by atoms with E-state index in [1.807, 2.05) is 12.1 Å². The number of thiophene rings is 1. The molecule has 0 fully saturated rings. The number of pyridine rings is 1. The minimum Gasteiger partial charge on any atom is -0.472 e. The molecule has 4 rings (SSSR count). The Morgan fingerprint density at radius 2 is 2.16 bits per heavy atom. The van der Waals surface area contributed by atoms with Crippen molar-refractivity contribution < 1.29 is 13.9 Å². The second-order valence-electron chi connectivity index (χ2n) is 6.64. The molecule has 0 aliphatic carbocycles. The lowest BCUT2D eigenvalue weighted by atomic mass is 10.2. The van der Waals surface area contributed by atoms with E-state index in [-0.39, 0.29) is 11.5 Å². The van der Waals surface area contributed by atoms with Crippen molar-refractivity contribution in [2.75, 3.05) is 19.0 Å². The highest BCUT2D eigenvalue weighted by Crippen LogP contribution is 2.25. The molecule has 10 heteroatoms. The van der Waals surface area contributed by atoms with Crippen molar-refractivity contribution in [1.29, 1.82) is 0 Å². The number of methoxy groups -OCH3 is 1. The minimum atomic E-state index is -0.347. The molecule has 1 N–H and O–H groups in total. The molecule has 0 bridgehead atoms. The first kappa shape index (κ1) is 21.1. The van der Waals surface area contributed by atoms with Crippen LogP contribution in [0.25, 0.3) is 11.3 Å². The lowest BCUT2D eigenvalue weighted by molar-refractivity contribution is 0.0947. The van der Waals surface area contributed by atoms with Gasteiger partial charge in [-0.25, -0.2) is 0 Å². The third-order valence-electron chi connectivity index (χ3n) is 4.57. The van der Waals surface area contributed by atoms with Gasteiger partial charge in [-0.3, -0.25) is 9.59 Å². The van der Waals surface area contributed by atoms with E-state index in [9.17, 15) is 9.59 Å². The van der Waals surface area contributed by atoms with E-state index < -0.39 is 0 Å². The van der Waals surface area contributed by atoms with Crippen LogP contribution in [0.4, 0.5) is 5.82 Å². The van der Waals surface area contributed by atoms with Gasteiger partial charge in [0.05, 0.1) is 35.0 Å². The van der Waals surface area contributed by atoms with Crippen molar-refractivity contribution in [3.05, 3.63) is 80.3 Å². The first-order chi connectivity index (χ1) is 15.0. The summed E-state index contributed by atoms with van der Waals surface area (Å²) in [7, 11) is 1.59. The van der Waals surface area contributed by atoms with Gasteiger partial charge in [-0.2, -0.15) is 9.78 Å². The minimum absolute atomic E-state index is 0.173. The molecule has 8 nitrogen and oxygen atoms in total. The normalized spacial score (nSPS) is 11.0. The highest BCUT2D eigenvalue weighted by atomic mass is 35.5. The largest absolute Gasteiger partial charge is 0.472 e. The zero-order valence-electron chi connectivity index (χ0n) is 16.6. The molecule has 0 saturated heterocycles. The molecule has 0 unspecified atom stereocenters. The molecule has 0 saturated carbocycles. The maximum atomic E-state index is 12.9. The van der Waals surface area contributed by atoms with Gasteiger partial charge in [-0.05, 0) is 24.3 Å². The standard InChI is InChI=1S/C21H19ClN4O4S/c1-29-9-7-25-6-4-14(10-20(25)27)17-11-19(23-12-16-2-3-18(22)31-16)26(24-17)21(28)15-5-8-30-13-15/h2-6,8,10-11,13,23H,7,9,12H2,1H3. The second-order valence-corrected chi connectivity index (χ2v) is 8.44. The van der Waals surface area contributed by atoms with Crippen molar-refractivity contribution in [3.63, 3.8) is 0 Å². The number of carbonyl (C=O) groups excluding carboxylic acids is 1. The Kier molecular flexibility index (Phi) is 6.36. The van der Waals surface area contributed by atoms with Crippen LogP contribution in [0.1, 0.15) is 15.2 Å². The summed E-state index contributed by atoms with van der Waals surface area (Å²) in [6, 6.07) is 10.3. The summed E-state index contributed by atoms with van der Waals surface area (Å²) < 4.78 is 13.6. The van der Waals surface area contributed by atoms with Crippen LogP contribution in [-0.4, -0.2) is 34.0 Å². The summed E-state index contributed by atoms with van der Waals surface area (Å²) in [4.78, 5) is 26.4. The monoisotopic (exact) mass is 458 g/mol. The molecular formula is C21H19ClN4O4S. The fourth-order valence-electron chi connectivity index (χ4n) is 2.98. The quantitative estimate of drug-likeness (QED) is 0.429. The molecule has 0 atom stereocenters. The molecule has 31 heavy (non-hydrogen) atoms. The van der Waals surface area contributed by atoms with Crippen LogP contribution in [-0.2, 0) is 17.8 Å². The van der Waals surface area contributed by atoms with Gasteiger partial charge in [0, 0.05) is 42.4 Å². The summed E-state index contributed by atoms with van der Waals surface area (Å²) in [5.74, 6) is 0.148. The zero-order valence-corrected chi connectivity index (χ0v) is 18.2. The average molecular weight is 459 g/mol. The Balaban J connectivity index is 1.66. The van der Waals surface area contributed by atoms with Gasteiger partial charge >= 0.3 is 0 Å². The fraction of sp³-hybridized carbons (Fsp3) is 0.190. The van der Waals surface area contributed by atoms with Gasteiger partial charge in [0.25, 0.3) is 11.5 Å². The topological polar surface area (TPSA) is 91.3 Å². The molecular weight excluding hydrogens is 440 g/mol. The molecule has 0 radical (unpaired) electrons. The van der Waals surface area contributed by atoms with Gasteiger partial charge < -0.3 is 19.0 Å². The summed E-state index contributed by atoms with van der Waals surface area (Å²) in [6.45, 7) is 1.37. The first-order valence-corrected chi connectivity index (χ1v) is 10.6. The van der Waals surface area contributed by atoms with Crippen LogP contribution in [0, 0.1) is 0 Å². The van der Waals surface area contributed by atoms with E-state index in [1.54, 1.807) is 36.1 Å². The summed E-state index contributed by atoms with van der Waals surface area (Å²) >= 11 is 7.46. The first-order valence-electron chi connectivity index (χ1n) is 9.40. The molecule has 160 valence electrons. The molecule has 0 spiro atoms. The highest BCUT2D eigenvalue weighted by Gasteiger charge is 2.18. The number of rotatable bonds is 8. The predicted molar refractivity (Wildman–Crippen MR) is 119 cm³/mol. The van der Waals surface area contributed by atoms with Crippen LogP contribution in [0.2, 0.25) is 4.34 Å². The fourth-order valence-corrected chi connectivity index (χ4v) is 4.00. The second kappa shape index (κ2) is 9.34. The van der Waals surface area contributed by atoms with Gasteiger partial charge in [0.2, 0.25) is 0 Å². The summed E-state index contributed by atoms with van der Waals surface area (Å²) in [6.07, 6.45) is 4.48. The molecule has 0 aliphatic heterocycles. The van der Waals surface area contributed by atoms with Crippen LogP contribution in [0.15, 0.2) is 64.3 Å². The SMILES string of the molecule is COCCn1ccc(-c2cc(NCc3ccc(Cl)s3)n(C(=O)c3ccoc3)n2)cc1=O. The average Bonchev–Trinajstić information content (AvgIpc) is 3.52. The maximum Gasteiger partial charge on any atom is 0.283 e. The molecule has 4 aromatic heterocycles. The lowest BCUT2D eigenvalue weighted by Gasteiger charge is -2.06. The Morgan fingerprint density at radius 1 is 1.29 bits per heavy atom. The molecule has 4 aromatic rings. The van der Waals surface area contributed by atoms with E-state index in [0.29, 0.717) is 46.7 Å². The highest BCUT2D eigenvalue weighted by molar-refractivity contribution is 7.16. The number of nitrogens with one attached hydrogen (secondary N) is 1. The van der Waals surface area contributed by atoms with Crippen molar-refractivity contribution in [3.8, 4) is 11.3 Å². The van der Waals surface area contributed by atoms with Crippen LogP contribution >= 0.6 is 22.9 Å². The van der Waals surface area contributed by atoms with Crippen LogP contribution in [0.3, 0.4) is 0 Å². The molecule has 0 aliphatic rings. The number of carbonyl (C=O) groups is 1. The number of furan rings is 1. The number of nitrogens with zero attached hydrogens (tertiary/aromatic N) is 3. The van der Waals surface area contributed by atoms with Crippen molar-refractivity contribution in [1.82, 2.24) is 14.3 Å². The van der Waals surface area contributed by atoms with Crippen LogP contribution < -0.4 is 10.9 Å². The third-order valence-corrected chi connectivity index (χ3v) is 5.80. The Hall–Kier alpha value is -3.14. The number of hydrogen-bond donors (Lipinski definition) is 1. The van der Waals surface area contributed by atoms with E-state index in [1.165, 1.54) is 34.6 Å². The number of hydrogen-bond acceptors (Lipinski definition) is 7. The van der Waals surface area contributed by atoms with Gasteiger partial charge in [0.1, 0.15) is 12.1 Å². The van der Waals surface area contributed by atoms with Crippen LogP contribution in [0.5, 0.6) is 0 Å². The van der Waals surface area contributed by atoms with Gasteiger partial charge in [-0.15, -0.1) is 11.3 Å². The van der Waals surface area contributed by atoms with Gasteiger partial charge in [0.15, 0.2) is 0 Å². The Morgan fingerprint density at radius 3 is 2.84 bits per heavy atom. The third kappa shape index (κ3) is 4.79. The summed E-state index contributed by atoms with van der Waals surface area (Å²) in [5.41, 5.74) is 1.30. The number of ether oxygens (including phenoxy) is 1. The number of halogens is 1. The molecule has 4 heterocycles. The Bertz CT molecular complexity index is 1240. The molecule has 0 aromatic carbocycles. The number of aromatic nitrogens is 3. The van der Waals surface area contributed by atoms with E-state index >= 15 is 0 Å².